The lowest BCUT2D eigenvalue weighted by Crippen LogP contribution is -2.40. The molecule has 2 unspecified atom stereocenters. The highest BCUT2D eigenvalue weighted by atomic mass is 15.1. The van der Waals surface area contributed by atoms with Gasteiger partial charge in [-0.05, 0) is 44.0 Å². The van der Waals surface area contributed by atoms with Crippen molar-refractivity contribution in [3.8, 4) is 6.07 Å². The van der Waals surface area contributed by atoms with E-state index in [1.807, 2.05) is 12.4 Å². The van der Waals surface area contributed by atoms with Crippen molar-refractivity contribution in [3.63, 3.8) is 0 Å². The van der Waals surface area contributed by atoms with Crippen LogP contribution in [0, 0.1) is 17.2 Å². The van der Waals surface area contributed by atoms with Gasteiger partial charge in [-0.1, -0.05) is 12.8 Å². The van der Waals surface area contributed by atoms with Gasteiger partial charge >= 0.3 is 0 Å². The second-order valence-electron chi connectivity index (χ2n) is 5.17. The predicted octanol–water partition coefficient (Wildman–Crippen LogP) is 2.64. The molecule has 1 heterocycles. The first-order valence-corrected chi connectivity index (χ1v) is 6.80. The number of hydrogen-bond acceptors (Lipinski definition) is 3. The number of nitriles is 1. The Morgan fingerprint density at radius 1 is 1.33 bits per heavy atom. The predicted molar refractivity (Wildman–Crippen MR) is 71.9 cm³/mol. The average molecular weight is 243 g/mol. The van der Waals surface area contributed by atoms with Gasteiger partial charge in [-0.15, -0.1) is 0 Å². The van der Waals surface area contributed by atoms with Gasteiger partial charge in [-0.2, -0.15) is 5.26 Å². The quantitative estimate of drug-likeness (QED) is 0.816. The molecule has 1 aliphatic carbocycles. The zero-order chi connectivity index (χ0) is 12.8. The summed E-state index contributed by atoms with van der Waals surface area (Å²) in [6.07, 6.45) is 9.44. The van der Waals surface area contributed by atoms with Crippen LogP contribution in [0.15, 0.2) is 24.5 Å². The zero-order valence-electron chi connectivity index (χ0n) is 11.0. The molecular weight excluding hydrogens is 222 g/mol. The Morgan fingerprint density at radius 3 is 2.78 bits per heavy atom. The van der Waals surface area contributed by atoms with Crippen molar-refractivity contribution in [1.29, 1.82) is 5.26 Å². The molecule has 18 heavy (non-hydrogen) atoms. The molecule has 1 saturated carbocycles. The van der Waals surface area contributed by atoms with Crippen molar-refractivity contribution in [2.45, 2.75) is 38.1 Å². The van der Waals surface area contributed by atoms with E-state index in [2.05, 4.69) is 35.1 Å². The monoisotopic (exact) mass is 243 g/mol. The van der Waals surface area contributed by atoms with Gasteiger partial charge in [0.25, 0.3) is 0 Å². The highest BCUT2D eigenvalue weighted by molar-refractivity contribution is 5.10. The first kappa shape index (κ1) is 13.0. The summed E-state index contributed by atoms with van der Waals surface area (Å²) in [7, 11) is 2.15. The fraction of sp³-hybridized carbons (Fsp3) is 0.600. The number of pyridine rings is 1. The highest BCUT2D eigenvalue weighted by Gasteiger charge is 2.27. The fourth-order valence-corrected chi connectivity index (χ4v) is 2.81. The Balaban J connectivity index is 1.87. The smallest absolute Gasteiger partial charge is 0.0672 e. The molecule has 1 fully saturated rings. The molecule has 0 N–H and O–H groups in total. The standard InChI is InChI=1S/C15H21N3/c1-18(11-8-13-6-9-17-10-7-13)15-5-3-2-4-14(15)12-16/h6-7,9-10,14-15H,2-5,8,11H2,1H3. The summed E-state index contributed by atoms with van der Waals surface area (Å²) in [6.45, 7) is 1.02. The van der Waals surface area contributed by atoms with Crippen molar-refractivity contribution >= 4 is 0 Å². The van der Waals surface area contributed by atoms with Crippen LogP contribution in [0.3, 0.4) is 0 Å². The minimum Gasteiger partial charge on any atom is -0.302 e. The molecule has 0 saturated heterocycles. The molecule has 3 heteroatoms. The summed E-state index contributed by atoms with van der Waals surface area (Å²) in [5.74, 6) is 0.223. The molecule has 0 aliphatic heterocycles. The summed E-state index contributed by atoms with van der Waals surface area (Å²) in [5.41, 5.74) is 1.32. The maximum atomic E-state index is 9.21. The SMILES string of the molecule is CN(CCc1ccncc1)C1CCCCC1C#N. The third-order valence-electron chi connectivity index (χ3n) is 3.96. The van der Waals surface area contributed by atoms with E-state index in [0.717, 1.165) is 19.4 Å². The Hall–Kier alpha value is -1.40. The van der Waals surface area contributed by atoms with Crippen LogP contribution >= 0.6 is 0 Å². The van der Waals surface area contributed by atoms with Crippen LogP contribution in [0.4, 0.5) is 0 Å². The molecule has 0 aromatic carbocycles. The van der Waals surface area contributed by atoms with Crippen LogP contribution in [-0.4, -0.2) is 29.5 Å². The Kier molecular flexibility index (Phi) is 4.72. The number of hydrogen-bond donors (Lipinski definition) is 0. The summed E-state index contributed by atoms with van der Waals surface area (Å²) in [6, 6.07) is 7.06. The van der Waals surface area contributed by atoms with Gasteiger partial charge in [0.1, 0.15) is 0 Å². The molecule has 1 aromatic rings. The van der Waals surface area contributed by atoms with Gasteiger partial charge in [0.05, 0.1) is 12.0 Å². The molecule has 0 amide bonds. The van der Waals surface area contributed by atoms with E-state index in [4.69, 9.17) is 0 Å². The van der Waals surface area contributed by atoms with Crippen LogP contribution in [0.5, 0.6) is 0 Å². The lowest BCUT2D eigenvalue weighted by Gasteiger charge is -2.34. The van der Waals surface area contributed by atoms with Crippen LogP contribution in [0.2, 0.25) is 0 Å². The Labute approximate surface area is 109 Å². The number of likely N-dealkylation sites (N-methyl/N-ethyl adjacent to an activating group) is 1. The molecule has 2 rings (SSSR count). The molecule has 0 radical (unpaired) electrons. The van der Waals surface area contributed by atoms with E-state index < -0.39 is 0 Å². The number of rotatable bonds is 4. The third-order valence-corrected chi connectivity index (χ3v) is 3.96. The van der Waals surface area contributed by atoms with Crippen molar-refractivity contribution < 1.29 is 0 Å². The summed E-state index contributed by atoms with van der Waals surface area (Å²) in [5, 5.41) is 9.21. The van der Waals surface area contributed by atoms with E-state index in [9.17, 15) is 5.26 Å². The van der Waals surface area contributed by atoms with Crippen molar-refractivity contribution in [1.82, 2.24) is 9.88 Å². The lowest BCUT2D eigenvalue weighted by molar-refractivity contribution is 0.159. The Morgan fingerprint density at radius 2 is 2.06 bits per heavy atom. The Bertz CT molecular complexity index is 396. The van der Waals surface area contributed by atoms with E-state index in [1.54, 1.807) is 0 Å². The van der Waals surface area contributed by atoms with E-state index >= 15 is 0 Å². The van der Waals surface area contributed by atoms with Gasteiger partial charge in [0.15, 0.2) is 0 Å². The fourth-order valence-electron chi connectivity index (χ4n) is 2.81. The minimum atomic E-state index is 0.223. The topological polar surface area (TPSA) is 39.9 Å². The summed E-state index contributed by atoms with van der Waals surface area (Å²) < 4.78 is 0. The third kappa shape index (κ3) is 3.30. The maximum Gasteiger partial charge on any atom is 0.0672 e. The van der Waals surface area contributed by atoms with Gasteiger partial charge in [0, 0.05) is 25.0 Å². The molecule has 2 atom stereocenters. The second kappa shape index (κ2) is 6.51. The molecule has 3 nitrogen and oxygen atoms in total. The highest BCUT2D eigenvalue weighted by Crippen LogP contribution is 2.27. The second-order valence-corrected chi connectivity index (χ2v) is 5.17. The van der Waals surface area contributed by atoms with E-state index in [-0.39, 0.29) is 5.92 Å². The van der Waals surface area contributed by atoms with Crippen molar-refractivity contribution in [3.05, 3.63) is 30.1 Å². The molecular formula is C15H21N3. The van der Waals surface area contributed by atoms with E-state index in [1.165, 1.54) is 24.8 Å². The van der Waals surface area contributed by atoms with Crippen LogP contribution in [-0.2, 0) is 6.42 Å². The van der Waals surface area contributed by atoms with Crippen molar-refractivity contribution in [2.75, 3.05) is 13.6 Å². The molecule has 0 spiro atoms. The van der Waals surface area contributed by atoms with Gasteiger partial charge < -0.3 is 4.90 Å². The summed E-state index contributed by atoms with van der Waals surface area (Å²) >= 11 is 0. The van der Waals surface area contributed by atoms with E-state index in [0.29, 0.717) is 6.04 Å². The minimum absolute atomic E-state index is 0.223. The van der Waals surface area contributed by atoms with Crippen LogP contribution in [0.1, 0.15) is 31.2 Å². The van der Waals surface area contributed by atoms with Crippen LogP contribution < -0.4 is 0 Å². The zero-order valence-corrected chi connectivity index (χ0v) is 11.0. The summed E-state index contributed by atoms with van der Waals surface area (Å²) in [4.78, 5) is 6.40. The van der Waals surface area contributed by atoms with Gasteiger partial charge in [-0.25, -0.2) is 0 Å². The average Bonchev–Trinajstić information content (AvgIpc) is 2.45. The van der Waals surface area contributed by atoms with Crippen LogP contribution in [0.25, 0.3) is 0 Å². The first-order chi connectivity index (χ1) is 8.81. The normalized spacial score (nSPS) is 23.8. The maximum absolute atomic E-state index is 9.21. The number of nitrogens with zero attached hydrogens (tertiary/aromatic N) is 3. The molecule has 1 aliphatic rings. The van der Waals surface area contributed by atoms with Gasteiger partial charge in [0.2, 0.25) is 0 Å². The van der Waals surface area contributed by atoms with Crippen molar-refractivity contribution in [2.24, 2.45) is 5.92 Å². The lowest BCUT2D eigenvalue weighted by atomic mass is 9.84. The molecule has 96 valence electrons. The van der Waals surface area contributed by atoms with Gasteiger partial charge in [-0.3, -0.25) is 4.98 Å². The molecule has 0 bridgehead atoms. The first-order valence-electron chi connectivity index (χ1n) is 6.80. The largest absolute Gasteiger partial charge is 0.302 e. The number of aromatic nitrogens is 1. The molecule has 1 aromatic heterocycles.